The van der Waals surface area contributed by atoms with Gasteiger partial charge in [-0.15, -0.1) is 0 Å². The van der Waals surface area contributed by atoms with E-state index in [1.54, 1.807) is 0 Å². The fourth-order valence-electron chi connectivity index (χ4n) is 8.08. The van der Waals surface area contributed by atoms with E-state index < -0.39 is 0 Å². The Kier molecular flexibility index (Phi) is 6.82. The number of hydrogen-bond donors (Lipinski definition) is 0. The van der Waals surface area contributed by atoms with E-state index in [0.717, 1.165) is 55.6 Å². The maximum Gasteiger partial charge on any atom is 0.160 e. The molecule has 252 valence electrons. The molecule has 4 heteroatoms. The van der Waals surface area contributed by atoms with Gasteiger partial charge in [-0.3, -0.25) is 0 Å². The van der Waals surface area contributed by atoms with Crippen LogP contribution in [0.3, 0.4) is 0 Å². The van der Waals surface area contributed by atoms with Crippen molar-refractivity contribution in [1.82, 2.24) is 14.5 Å². The molecule has 0 bridgehead atoms. The standard InChI is InChI=1S/C50H31N3O/c1-2-12-34(13-3-1)50-51-43(31-44(52-50)35-26-27-42-41-18-8-11-21-48(41)54-49(42)30-35)33-24-22-32(23-25-33)36-28-29-47(38-15-5-4-14-37(36)38)53-45-19-9-6-16-39(45)40-17-7-10-20-46(40)53/h1-31H. The predicted octanol–water partition coefficient (Wildman–Crippen LogP) is 13.3. The van der Waals surface area contributed by atoms with Gasteiger partial charge in [0.15, 0.2) is 5.82 Å². The molecular weight excluding hydrogens is 659 g/mol. The lowest BCUT2D eigenvalue weighted by atomic mass is 9.95. The van der Waals surface area contributed by atoms with Crippen molar-refractivity contribution in [3.05, 3.63) is 188 Å². The molecule has 11 aromatic rings. The molecule has 3 heterocycles. The van der Waals surface area contributed by atoms with Gasteiger partial charge < -0.3 is 8.98 Å². The van der Waals surface area contributed by atoms with E-state index in [-0.39, 0.29) is 0 Å². The number of para-hydroxylation sites is 3. The zero-order chi connectivity index (χ0) is 35.6. The number of fused-ring (bicyclic) bond motifs is 7. The second-order valence-electron chi connectivity index (χ2n) is 13.8. The number of rotatable bonds is 5. The molecule has 0 aliphatic rings. The quantitative estimate of drug-likeness (QED) is 0.181. The van der Waals surface area contributed by atoms with Crippen molar-refractivity contribution < 1.29 is 4.42 Å². The largest absolute Gasteiger partial charge is 0.456 e. The summed E-state index contributed by atoms with van der Waals surface area (Å²) in [5.41, 5.74) is 12.3. The zero-order valence-electron chi connectivity index (χ0n) is 29.1. The van der Waals surface area contributed by atoms with Crippen LogP contribution < -0.4 is 0 Å². The average molecular weight is 690 g/mol. The highest BCUT2D eigenvalue weighted by Crippen LogP contribution is 2.39. The molecule has 4 nitrogen and oxygen atoms in total. The molecular formula is C50H31N3O. The summed E-state index contributed by atoms with van der Waals surface area (Å²) >= 11 is 0. The second kappa shape index (κ2) is 12.1. The smallest absolute Gasteiger partial charge is 0.160 e. The summed E-state index contributed by atoms with van der Waals surface area (Å²) in [6, 6.07) is 66.2. The summed E-state index contributed by atoms with van der Waals surface area (Å²) in [5.74, 6) is 0.684. The molecule has 0 spiro atoms. The SMILES string of the molecule is c1ccc(-c2nc(-c3ccc(-c4ccc(-n5c6ccccc6c6ccccc65)c5ccccc45)cc3)cc(-c3ccc4c(c3)oc3ccccc34)n2)cc1. The third-order valence-corrected chi connectivity index (χ3v) is 10.6. The summed E-state index contributed by atoms with van der Waals surface area (Å²) in [6.07, 6.45) is 0. The van der Waals surface area contributed by atoms with Crippen LogP contribution in [0.2, 0.25) is 0 Å². The van der Waals surface area contributed by atoms with Crippen LogP contribution in [0.1, 0.15) is 0 Å². The Morgan fingerprint density at radius 1 is 0.352 bits per heavy atom. The van der Waals surface area contributed by atoms with Gasteiger partial charge in [-0.1, -0.05) is 146 Å². The zero-order valence-corrected chi connectivity index (χ0v) is 29.1. The molecule has 0 amide bonds. The van der Waals surface area contributed by atoms with Gasteiger partial charge in [0.25, 0.3) is 0 Å². The normalized spacial score (nSPS) is 11.7. The summed E-state index contributed by atoms with van der Waals surface area (Å²) in [7, 11) is 0. The van der Waals surface area contributed by atoms with Gasteiger partial charge in [0, 0.05) is 43.6 Å². The molecule has 0 N–H and O–H groups in total. The third kappa shape index (κ3) is 4.85. The average Bonchev–Trinajstić information content (AvgIpc) is 3.79. The van der Waals surface area contributed by atoms with Gasteiger partial charge in [-0.05, 0) is 59.0 Å². The first kappa shape index (κ1) is 30.3. The van der Waals surface area contributed by atoms with E-state index >= 15 is 0 Å². The van der Waals surface area contributed by atoms with Gasteiger partial charge in [-0.2, -0.15) is 0 Å². The Morgan fingerprint density at radius 3 is 1.65 bits per heavy atom. The third-order valence-electron chi connectivity index (χ3n) is 10.6. The van der Waals surface area contributed by atoms with Crippen molar-refractivity contribution in [2.24, 2.45) is 0 Å². The lowest BCUT2D eigenvalue weighted by molar-refractivity contribution is 0.669. The summed E-state index contributed by atoms with van der Waals surface area (Å²) < 4.78 is 8.66. The highest BCUT2D eigenvalue weighted by Gasteiger charge is 2.17. The number of aromatic nitrogens is 3. The van der Waals surface area contributed by atoms with E-state index in [9.17, 15) is 0 Å². The molecule has 0 saturated carbocycles. The topological polar surface area (TPSA) is 43.9 Å². The first-order chi connectivity index (χ1) is 26.8. The van der Waals surface area contributed by atoms with Crippen LogP contribution >= 0.6 is 0 Å². The van der Waals surface area contributed by atoms with Gasteiger partial charge in [-0.25, -0.2) is 9.97 Å². The van der Waals surface area contributed by atoms with Crippen LogP contribution in [-0.4, -0.2) is 14.5 Å². The summed E-state index contributed by atoms with van der Waals surface area (Å²) in [5, 5.41) is 7.14. The van der Waals surface area contributed by atoms with Crippen molar-refractivity contribution in [2.45, 2.75) is 0 Å². The minimum atomic E-state index is 0.684. The summed E-state index contributed by atoms with van der Waals surface area (Å²) in [4.78, 5) is 10.2. The van der Waals surface area contributed by atoms with Crippen LogP contribution in [0.5, 0.6) is 0 Å². The van der Waals surface area contributed by atoms with Crippen LogP contribution in [0.25, 0.3) is 105 Å². The molecule has 0 aliphatic heterocycles. The Labute approximate surface area is 311 Å². The fraction of sp³-hybridized carbons (Fsp3) is 0. The molecule has 0 aliphatic carbocycles. The molecule has 0 atom stereocenters. The minimum Gasteiger partial charge on any atom is -0.456 e. The predicted molar refractivity (Wildman–Crippen MR) is 223 cm³/mol. The van der Waals surface area contributed by atoms with Gasteiger partial charge >= 0.3 is 0 Å². The van der Waals surface area contributed by atoms with E-state index in [4.69, 9.17) is 14.4 Å². The van der Waals surface area contributed by atoms with Gasteiger partial charge in [0.1, 0.15) is 11.2 Å². The molecule has 0 saturated heterocycles. The van der Waals surface area contributed by atoms with Crippen molar-refractivity contribution >= 4 is 54.5 Å². The number of nitrogens with zero attached hydrogens (tertiary/aromatic N) is 3. The Morgan fingerprint density at radius 2 is 0.907 bits per heavy atom. The van der Waals surface area contributed by atoms with Crippen molar-refractivity contribution in [3.63, 3.8) is 0 Å². The Bertz CT molecular complexity index is 3160. The number of hydrogen-bond acceptors (Lipinski definition) is 3. The van der Waals surface area contributed by atoms with Gasteiger partial charge in [0.05, 0.1) is 28.1 Å². The lowest BCUT2D eigenvalue weighted by Gasteiger charge is -2.15. The first-order valence-electron chi connectivity index (χ1n) is 18.2. The van der Waals surface area contributed by atoms with Crippen LogP contribution in [0.15, 0.2) is 192 Å². The molecule has 11 rings (SSSR count). The van der Waals surface area contributed by atoms with Gasteiger partial charge in [0.2, 0.25) is 0 Å². The maximum absolute atomic E-state index is 6.25. The highest BCUT2D eigenvalue weighted by atomic mass is 16.3. The Balaban J connectivity index is 1.02. The second-order valence-corrected chi connectivity index (χ2v) is 13.8. The van der Waals surface area contributed by atoms with Crippen LogP contribution in [0, 0.1) is 0 Å². The minimum absolute atomic E-state index is 0.684. The molecule has 3 aromatic heterocycles. The molecule has 0 unspecified atom stereocenters. The monoisotopic (exact) mass is 689 g/mol. The molecule has 0 radical (unpaired) electrons. The van der Waals surface area contributed by atoms with E-state index in [1.165, 1.54) is 43.8 Å². The number of benzene rings is 8. The van der Waals surface area contributed by atoms with Crippen molar-refractivity contribution in [2.75, 3.05) is 0 Å². The fourth-order valence-corrected chi connectivity index (χ4v) is 8.08. The van der Waals surface area contributed by atoms with E-state index in [0.29, 0.717) is 5.82 Å². The van der Waals surface area contributed by atoms with Crippen LogP contribution in [-0.2, 0) is 0 Å². The maximum atomic E-state index is 6.25. The summed E-state index contributed by atoms with van der Waals surface area (Å²) in [6.45, 7) is 0. The molecule has 8 aromatic carbocycles. The van der Waals surface area contributed by atoms with Crippen molar-refractivity contribution in [1.29, 1.82) is 0 Å². The number of furan rings is 1. The van der Waals surface area contributed by atoms with Crippen LogP contribution in [0.4, 0.5) is 0 Å². The van der Waals surface area contributed by atoms with Crippen molar-refractivity contribution in [3.8, 4) is 50.7 Å². The van der Waals surface area contributed by atoms with E-state index in [1.807, 2.05) is 36.4 Å². The highest BCUT2D eigenvalue weighted by molar-refractivity contribution is 6.11. The van der Waals surface area contributed by atoms with E-state index in [2.05, 4.69) is 156 Å². The lowest BCUT2D eigenvalue weighted by Crippen LogP contribution is -1.97. The Hall–Kier alpha value is -7.30. The first-order valence-corrected chi connectivity index (χ1v) is 18.2. The molecule has 54 heavy (non-hydrogen) atoms. The molecule has 0 fully saturated rings.